The van der Waals surface area contributed by atoms with E-state index in [4.69, 9.17) is 15.2 Å². The van der Waals surface area contributed by atoms with Crippen LogP contribution in [0.25, 0.3) is 0 Å². The molecule has 2 N–H and O–H groups in total. The number of nitrogens with two attached hydrogens (primary N) is 1. The number of halogens is 1. The highest BCUT2D eigenvalue weighted by molar-refractivity contribution is 9.10. The van der Waals surface area contributed by atoms with Gasteiger partial charge in [-0.25, -0.2) is 0 Å². The minimum Gasteiger partial charge on any atom is -0.488 e. The molecule has 0 saturated carbocycles. The van der Waals surface area contributed by atoms with Gasteiger partial charge >= 0.3 is 0 Å². The third-order valence-electron chi connectivity index (χ3n) is 2.58. The summed E-state index contributed by atoms with van der Waals surface area (Å²) in [6, 6.07) is 4.24. The highest BCUT2D eigenvalue weighted by Crippen LogP contribution is 2.29. The van der Waals surface area contributed by atoms with Crippen LogP contribution in [0.15, 0.2) is 16.6 Å². The Hall–Kier alpha value is -0.580. The zero-order valence-electron chi connectivity index (χ0n) is 11.5. The van der Waals surface area contributed by atoms with Crippen molar-refractivity contribution in [2.75, 3.05) is 13.7 Å². The maximum absolute atomic E-state index is 5.97. The second kappa shape index (κ2) is 7.12. The number of methoxy groups -OCH3 is 1. The summed E-state index contributed by atoms with van der Waals surface area (Å²) in [5.74, 6) is 0.931. The quantitative estimate of drug-likeness (QED) is 0.877. The molecule has 1 aromatic carbocycles. The first-order valence-electron chi connectivity index (χ1n) is 6.14. The molecule has 0 aliphatic rings. The highest BCUT2D eigenvalue weighted by atomic mass is 79.9. The van der Waals surface area contributed by atoms with E-state index in [9.17, 15) is 0 Å². The zero-order chi connectivity index (χ0) is 13.7. The van der Waals surface area contributed by atoms with Gasteiger partial charge in [0.25, 0.3) is 0 Å². The smallest absolute Gasteiger partial charge is 0.126 e. The Balaban J connectivity index is 2.99. The molecular formula is C14H22BrNO2. The Bertz CT molecular complexity index is 394. The molecule has 18 heavy (non-hydrogen) atoms. The fourth-order valence-electron chi connectivity index (χ4n) is 1.94. The Labute approximate surface area is 118 Å². The molecule has 0 fully saturated rings. The van der Waals surface area contributed by atoms with E-state index >= 15 is 0 Å². The third-order valence-corrected chi connectivity index (χ3v) is 3.04. The van der Waals surface area contributed by atoms with Gasteiger partial charge < -0.3 is 15.2 Å². The number of hydrogen-bond donors (Lipinski definition) is 1. The van der Waals surface area contributed by atoms with Crippen molar-refractivity contribution in [1.29, 1.82) is 0 Å². The van der Waals surface area contributed by atoms with Crippen LogP contribution in [0.2, 0.25) is 0 Å². The van der Waals surface area contributed by atoms with Crippen LogP contribution in [0.5, 0.6) is 5.75 Å². The van der Waals surface area contributed by atoms with Crippen LogP contribution >= 0.6 is 15.9 Å². The second-order valence-electron chi connectivity index (χ2n) is 4.78. The van der Waals surface area contributed by atoms with E-state index in [-0.39, 0.29) is 12.1 Å². The van der Waals surface area contributed by atoms with Crippen molar-refractivity contribution in [3.05, 3.63) is 27.7 Å². The van der Waals surface area contributed by atoms with Gasteiger partial charge in [0.2, 0.25) is 0 Å². The molecule has 1 rings (SSSR count). The van der Waals surface area contributed by atoms with Gasteiger partial charge in [-0.3, -0.25) is 0 Å². The topological polar surface area (TPSA) is 44.5 Å². The summed E-state index contributed by atoms with van der Waals surface area (Å²) in [6.07, 6.45) is 0.830. The molecule has 0 heterocycles. The summed E-state index contributed by atoms with van der Waals surface area (Å²) in [6.45, 7) is 6.62. The molecule has 0 amide bonds. The maximum Gasteiger partial charge on any atom is 0.126 e. The van der Waals surface area contributed by atoms with Gasteiger partial charge in [0.1, 0.15) is 11.9 Å². The van der Waals surface area contributed by atoms with Crippen LogP contribution in [0.4, 0.5) is 0 Å². The standard InChI is InChI=1S/C14H22BrNO2/c1-9-5-13(15)7-12(6-10(2)16)14(9)18-11(3)8-17-4/h5,7,10-11H,6,8,16H2,1-4H3. The monoisotopic (exact) mass is 315 g/mol. The van der Waals surface area contributed by atoms with E-state index in [0.29, 0.717) is 6.61 Å². The summed E-state index contributed by atoms with van der Waals surface area (Å²) in [7, 11) is 1.68. The molecular weight excluding hydrogens is 294 g/mol. The van der Waals surface area contributed by atoms with E-state index < -0.39 is 0 Å². The normalized spacial score (nSPS) is 14.3. The average Bonchev–Trinajstić information content (AvgIpc) is 2.22. The predicted octanol–water partition coefficient (Wildman–Crippen LogP) is 3.06. The van der Waals surface area contributed by atoms with Gasteiger partial charge in [0.15, 0.2) is 0 Å². The van der Waals surface area contributed by atoms with E-state index in [0.717, 1.165) is 27.8 Å². The molecule has 4 heteroatoms. The first kappa shape index (κ1) is 15.5. The van der Waals surface area contributed by atoms with Crippen LogP contribution in [0.3, 0.4) is 0 Å². The number of ether oxygens (including phenoxy) is 2. The van der Waals surface area contributed by atoms with Gasteiger partial charge in [0, 0.05) is 17.6 Å². The average molecular weight is 316 g/mol. The van der Waals surface area contributed by atoms with Gasteiger partial charge in [-0.15, -0.1) is 0 Å². The molecule has 0 spiro atoms. The molecule has 0 bridgehead atoms. The van der Waals surface area contributed by atoms with Crippen molar-refractivity contribution in [2.24, 2.45) is 5.73 Å². The van der Waals surface area contributed by atoms with Crippen LogP contribution in [-0.2, 0) is 11.2 Å². The minimum absolute atomic E-state index is 0.0294. The van der Waals surface area contributed by atoms with E-state index in [2.05, 4.69) is 28.1 Å². The second-order valence-corrected chi connectivity index (χ2v) is 5.69. The first-order chi connectivity index (χ1) is 8.43. The lowest BCUT2D eigenvalue weighted by atomic mass is 10.0. The molecule has 0 radical (unpaired) electrons. The SMILES string of the molecule is COCC(C)Oc1c(C)cc(Br)cc1CC(C)N. The Morgan fingerprint density at radius 3 is 2.56 bits per heavy atom. The van der Waals surface area contributed by atoms with Gasteiger partial charge in [-0.1, -0.05) is 15.9 Å². The maximum atomic E-state index is 5.97. The molecule has 0 saturated heterocycles. The van der Waals surface area contributed by atoms with Crippen molar-refractivity contribution in [3.63, 3.8) is 0 Å². The fraction of sp³-hybridized carbons (Fsp3) is 0.571. The van der Waals surface area contributed by atoms with Crippen LogP contribution in [0, 0.1) is 6.92 Å². The summed E-state index contributed by atoms with van der Waals surface area (Å²) >= 11 is 3.51. The summed E-state index contributed by atoms with van der Waals surface area (Å²) < 4.78 is 12.1. The zero-order valence-corrected chi connectivity index (χ0v) is 13.1. The highest BCUT2D eigenvalue weighted by Gasteiger charge is 2.13. The molecule has 0 aromatic heterocycles. The Morgan fingerprint density at radius 1 is 1.33 bits per heavy atom. The first-order valence-corrected chi connectivity index (χ1v) is 6.93. The van der Waals surface area contributed by atoms with E-state index in [1.54, 1.807) is 7.11 Å². The van der Waals surface area contributed by atoms with Crippen molar-refractivity contribution in [3.8, 4) is 5.75 Å². The number of hydrogen-bond acceptors (Lipinski definition) is 3. The molecule has 0 aliphatic heterocycles. The van der Waals surface area contributed by atoms with Crippen LogP contribution in [0.1, 0.15) is 25.0 Å². The summed E-state index contributed by atoms with van der Waals surface area (Å²) in [4.78, 5) is 0. The fourth-order valence-corrected chi connectivity index (χ4v) is 2.56. The van der Waals surface area contributed by atoms with Crippen molar-refractivity contribution in [1.82, 2.24) is 0 Å². The van der Waals surface area contributed by atoms with Crippen molar-refractivity contribution < 1.29 is 9.47 Å². The molecule has 2 atom stereocenters. The van der Waals surface area contributed by atoms with Crippen LogP contribution < -0.4 is 10.5 Å². The largest absolute Gasteiger partial charge is 0.488 e. The number of rotatable bonds is 6. The molecule has 1 aromatic rings. The molecule has 102 valence electrons. The van der Waals surface area contributed by atoms with Crippen LogP contribution in [-0.4, -0.2) is 25.9 Å². The number of aryl methyl sites for hydroxylation is 1. The summed E-state index contributed by atoms with van der Waals surface area (Å²) in [5, 5.41) is 0. The third kappa shape index (κ3) is 4.59. The predicted molar refractivity (Wildman–Crippen MR) is 78.2 cm³/mol. The molecule has 3 nitrogen and oxygen atoms in total. The minimum atomic E-state index is 0.0294. The summed E-state index contributed by atoms with van der Waals surface area (Å²) in [5.41, 5.74) is 8.14. The van der Waals surface area contributed by atoms with Gasteiger partial charge in [0.05, 0.1) is 6.61 Å². The molecule has 0 aliphatic carbocycles. The van der Waals surface area contributed by atoms with E-state index in [1.807, 2.05) is 20.8 Å². The lowest BCUT2D eigenvalue weighted by molar-refractivity contribution is 0.0909. The van der Waals surface area contributed by atoms with E-state index in [1.165, 1.54) is 0 Å². The van der Waals surface area contributed by atoms with Gasteiger partial charge in [-0.05, 0) is 50.5 Å². The number of benzene rings is 1. The Kier molecular flexibility index (Phi) is 6.12. The lowest BCUT2D eigenvalue weighted by Gasteiger charge is -2.20. The molecule has 2 unspecified atom stereocenters. The van der Waals surface area contributed by atoms with Crippen molar-refractivity contribution >= 4 is 15.9 Å². The lowest BCUT2D eigenvalue weighted by Crippen LogP contribution is -2.22. The van der Waals surface area contributed by atoms with Gasteiger partial charge in [-0.2, -0.15) is 0 Å². The van der Waals surface area contributed by atoms with Crippen molar-refractivity contribution in [2.45, 2.75) is 39.3 Å². The Morgan fingerprint density at radius 2 is 2.00 bits per heavy atom.